The van der Waals surface area contributed by atoms with Crippen LogP contribution in [0.2, 0.25) is 0 Å². The topological polar surface area (TPSA) is 76.9 Å². The Morgan fingerprint density at radius 2 is 1.90 bits per heavy atom. The molecule has 1 N–H and O–H groups in total. The minimum atomic E-state index is -3.50. The van der Waals surface area contributed by atoms with Crippen LogP contribution in [0.1, 0.15) is 18.1 Å². The van der Waals surface area contributed by atoms with Gasteiger partial charge < -0.3 is 9.14 Å². The second kappa shape index (κ2) is 8.56. The maximum absolute atomic E-state index is 13.9. The largest absolute Gasteiger partial charge is 0.466 e. The number of rotatable bonds is 7. The van der Waals surface area contributed by atoms with Gasteiger partial charge in [-0.1, -0.05) is 11.8 Å². The van der Waals surface area contributed by atoms with Crippen molar-refractivity contribution in [2.24, 2.45) is 0 Å². The number of sulfonamides is 1. The van der Waals surface area contributed by atoms with Crippen LogP contribution in [0.3, 0.4) is 0 Å². The van der Waals surface area contributed by atoms with Gasteiger partial charge in [-0.3, -0.25) is 4.79 Å². The summed E-state index contributed by atoms with van der Waals surface area (Å²) in [7, 11) is -2.14. The average molecular weight is 437 g/mol. The summed E-state index contributed by atoms with van der Waals surface area (Å²) in [5.41, 5.74) is 2.77. The summed E-state index contributed by atoms with van der Waals surface area (Å²) >= 11 is 1.41. The molecule has 0 saturated carbocycles. The lowest BCUT2D eigenvalue weighted by atomic mass is 10.1. The number of nitrogens with one attached hydrogen (secondary N) is 1. The number of fused-ring (bicyclic) bond motifs is 1. The molecule has 0 spiro atoms. The van der Waals surface area contributed by atoms with Crippen LogP contribution in [-0.4, -0.2) is 32.4 Å². The van der Waals surface area contributed by atoms with Crippen LogP contribution in [0.25, 0.3) is 5.52 Å². The minimum absolute atomic E-state index is 0.175. The molecule has 0 aliphatic heterocycles. The summed E-state index contributed by atoms with van der Waals surface area (Å²) in [5.74, 6) is -0.709. The fraction of sp³-hybridized carbons (Fsp3) is 0.250. The van der Waals surface area contributed by atoms with E-state index >= 15 is 0 Å². The Balaban J connectivity index is 1.97. The van der Waals surface area contributed by atoms with Gasteiger partial charge in [-0.05, 0) is 61.5 Å². The molecule has 6 nitrogen and oxygen atoms in total. The first kappa shape index (κ1) is 21.4. The molecule has 0 radical (unpaired) electrons. The Hall–Kier alpha value is -2.36. The number of carbonyl (C=O) groups is 1. The third kappa shape index (κ3) is 4.63. The van der Waals surface area contributed by atoms with E-state index in [1.165, 1.54) is 50.1 Å². The van der Waals surface area contributed by atoms with Gasteiger partial charge in [0.15, 0.2) is 0 Å². The highest BCUT2D eigenvalue weighted by molar-refractivity contribution is 7.99. The first-order valence-electron chi connectivity index (χ1n) is 8.87. The van der Waals surface area contributed by atoms with Crippen molar-refractivity contribution in [3.05, 3.63) is 59.5 Å². The second-order valence-corrected chi connectivity index (χ2v) is 9.33. The van der Waals surface area contributed by atoms with Crippen LogP contribution in [0.4, 0.5) is 4.39 Å². The van der Waals surface area contributed by atoms with E-state index in [1.807, 2.05) is 6.92 Å². The van der Waals surface area contributed by atoms with E-state index in [9.17, 15) is 17.6 Å². The Bertz CT molecular complexity index is 1160. The fourth-order valence-electron chi connectivity index (χ4n) is 3.05. The molecule has 154 valence electrons. The minimum Gasteiger partial charge on any atom is -0.466 e. The summed E-state index contributed by atoms with van der Waals surface area (Å²) < 4.78 is 46.8. The molecule has 9 heteroatoms. The first-order chi connectivity index (χ1) is 13.7. The zero-order valence-corrected chi connectivity index (χ0v) is 17.9. The van der Waals surface area contributed by atoms with E-state index in [2.05, 4.69) is 4.72 Å². The monoisotopic (exact) mass is 436 g/mol. The molecule has 0 bridgehead atoms. The molecule has 0 aliphatic rings. The molecule has 2 heterocycles. The molecule has 3 aromatic rings. The van der Waals surface area contributed by atoms with E-state index in [0.29, 0.717) is 6.42 Å². The molecule has 0 amide bonds. The lowest BCUT2D eigenvalue weighted by molar-refractivity contribution is -0.140. The second-order valence-electron chi connectivity index (χ2n) is 6.38. The number of carbonyl (C=O) groups excluding carboxylic acids is 1. The number of benzene rings is 1. The number of halogens is 1. The molecular formula is C20H21FN2O4S2. The van der Waals surface area contributed by atoms with Crippen molar-refractivity contribution in [2.75, 3.05) is 13.7 Å². The summed E-state index contributed by atoms with van der Waals surface area (Å²) in [6.45, 7) is 3.55. The first-order valence-corrected chi connectivity index (χ1v) is 11.2. The molecule has 0 aliphatic carbocycles. The van der Waals surface area contributed by atoms with Gasteiger partial charge in [-0.15, -0.1) is 0 Å². The smallest absolute Gasteiger partial charge is 0.302 e. The van der Waals surface area contributed by atoms with Gasteiger partial charge in [-0.25, -0.2) is 17.5 Å². The van der Waals surface area contributed by atoms with E-state index < -0.39 is 10.0 Å². The van der Waals surface area contributed by atoms with Gasteiger partial charge in [-0.2, -0.15) is 0 Å². The van der Waals surface area contributed by atoms with Gasteiger partial charge in [0.25, 0.3) is 0 Å². The van der Waals surface area contributed by atoms with Gasteiger partial charge in [0.05, 0.1) is 16.5 Å². The molecule has 1 aromatic carbocycles. The molecule has 0 saturated heterocycles. The number of hydrogen-bond acceptors (Lipinski definition) is 5. The summed E-state index contributed by atoms with van der Waals surface area (Å²) in [6.07, 6.45) is 1.93. The summed E-state index contributed by atoms with van der Waals surface area (Å²) in [6, 6.07) is 9.59. The van der Waals surface area contributed by atoms with Gasteiger partial charge in [0, 0.05) is 30.0 Å². The van der Waals surface area contributed by atoms with Gasteiger partial charge in [0.2, 0.25) is 10.0 Å². The highest BCUT2D eigenvalue weighted by atomic mass is 32.2. The third-order valence-electron chi connectivity index (χ3n) is 4.49. The quantitative estimate of drug-likeness (QED) is 0.573. The summed E-state index contributed by atoms with van der Waals surface area (Å²) in [5, 5.41) is 0.821. The van der Waals surface area contributed by atoms with E-state index in [-0.39, 0.29) is 23.3 Å². The predicted octanol–water partition coefficient (Wildman–Crippen LogP) is 3.55. The number of ether oxygens (including phenoxy) is 1. The molecule has 3 rings (SSSR count). The number of aromatic nitrogens is 1. The van der Waals surface area contributed by atoms with Crippen LogP contribution in [0.15, 0.2) is 57.4 Å². The summed E-state index contributed by atoms with van der Waals surface area (Å²) in [4.78, 5) is 12.1. The van der Waals surface area contributed by atoms with Crippen LogP contribution in [0.5, 0.6) is 0 Å². The van der Waals surface area contributed by atoms with Gasteiger partial charge in [0.1, 0.15) is 5.82 Å². The van der Waals surface area contributed by atoms with Crippen molar-refractivity contribution < 1.29 is 22.3 Å². The maximum atomic E-state index is 13.9. The highest BCUT2D eigenvalue weighted by Crippen LogP contribution is 2.36. The lowest BCUT2D eigenvalue weighted by Crippen LogP contribution is -2.18. The third-order valence-corrected chi connectivity index (χ3v) is 7.12. The number of hydrogen-bond donors (Lipinski definition) is 1. The normalized spacial score (nSPS) is 11.7. The van der Waals surface area contributed by atoms with Crippen molar-refractivity contribution in [2.45, 2.75) is 35.1 Å². The number of esters is 1. The maximum Gasteiger partial charge on any atom is 0.302 e. The molecule has 0 fully saturated rings. The van der Waals surface area contributed by atoms with Crippen LogP contribution < -0.4 is 4.72 Å². The van der Waals surface area contributed by atoms with Crippen molar-refractivity contribution in [3.8, 4) is 0 Å². The molecular weight excluding hydrogens is 415 g/mol. The van der Waals surface area contributed by atoms with Crippen LogP contribution in [-0.2, 0) is 26.0 Å². The predicted molar refractivity (Wildman–Crippen MR) is 109 cm³/mol. The number of nitrogens with zero attached hydrogens (tertiary/aromatic N) is 1. The van der Waals surface area contributed by atoms with Crippen LogP contribution in [0, 0.1) is 12.7 Å². The number of pyridine rings is 1. The van der Waals surface area contributed by atoms with E-state index in [4.69, 9.17) is 4.74 Å². The Morgan fingerprint density at radius 1 is 1.21 bits per heavy atom. The molecule has 0 unspecified atom stereocenters. The zero-order valence-electron chi connectivity index (χ0n) is 16.2. The van der Waals surface area contributed by atoms with Crippen molar-refractivity contribution in [1.82, 2.24) is 9.12 Å². The van der Waals surface area contributed by atoms with Gasteiger partial charge >= 0.3 is 5.97 Å². The highest BCUT2D eigenvalue weighted by Gasteiger charge is 2.18. The lowest BCUT2D eigenvalue weighted by Gasteiger charge is -2.06. The Labute approximate surface area is 173 Å². The fourth-order valence-corrected chi connectivity index (χ4v) is 4.80. The van der Waals surface area contributed by atoms with Crippen LogP contribution >= 0.6 is 11.8 Å². The van der Waals surface area contributed by atoms with Crippen molar-refractivity contribution >= 4 is 33.3 Å². The standard InChI is InChI=1S/C20H21FN2O4S2/c1-13-18(10-11-27-14(2)24)19-9-4-15(21)12-23(19)20(13)28-16-5-7-17(8-6-16)29(25,26)22-3/h4-9,12,22H,10-11H2,1-3H3. The zero-order chi connectivity index (χ0) is 21.2. The average Bonchev–Trinajstić information content (AvgIpc) is 2.93. The SMILES string of the molecule is CNS(=O)(=O)c1ccc(Sc2c(C)c(CCOC(C)=O)c3ccc(F)cn23)cc1. The molecule has 2 aromatic heterocycles. The van der Waals surface area contributed by atoms with Crippen molar-refractivity contribution in [1.29, 1.82) is 0 Å². The van der Waals surface area contributed by atoms with E-state index in [1.54, 1.807) is 22.6 Å². The molecule has 0 atom stereocenters. The van der Waals surface area contributed by atoms with E-state index in [0.717, 1.165) is 26.6 Å². The Morgan fingerprint density at radius 3 is 2.52 bits per heavy atom. The van der Waals surface area contributed by atoms with Crippen molar-refractivity contribution in [3.63, 3.8) is 0 Å². The Kier molecular flexibility index (Phi) is 6.30. The molecule has 29 heavy (non-hydrogen) atoms.